The molecule has 0 aromatic carbocycles. The van der Waals surface area contributed by atoms with Crippen LogP contribution in [0.4, 0.5) is 0 Å². The van der Waals surface area contributed by atoms with Gasteiger partial charge >= 0.3 is 5.97 Å². The van der Waals surface area contributed by atoms with Crippen molar-refractivity contribution in [1.82, 2.24) is 0 Å². The fraction of sp³-hybridized carbons (Fsp3) is 0.762. The van der Waals surface area contributed by atoms with E-state index in [2.05, 4.69) is 25.7 Å². The topological polar surface area (TPSA) is 38.8 Å². The minimum atomic E-state index is -0.313. The highest BCUT2D eigenvalue weighted by atomic mass is 16.6. The van der Waals surface area contributed by atoms with Crippen molar-refractivity contribution in [2.24, 2.45) is 0 Å². The number of carbonyl (C=O) groups excluding carboxylic acids is 1. The standard InChI is InChI=1S/C21H36O3/c1-3-5-16-19-20(24-19)17-14-12-10-8-6-7-9-11-13-15-18-23-21(22)4-2/h4,10,12,19-20H,2-3,5-9,11,13-18H2,1H3/b12-10-. The first-order valence-corrected chi connectivity index (χ1v) is 9.87. The van der Waals surface area contributed by atoms with Crippen molar-refractivity contribution in [3.8, 4) is 0 Å². The van der Waals surface area contributed by atoms with E-state index in [1.54, 1.807) is 0 Å². The minimum Gasteiger partial charge on any atom is -0.463 e. The summed E-state index contributed by atoms with van der Waals surface area (Å²) in [6, 6.07) is 0. The molecule has 1 saturated heterocycles. The van der Waals surface area contributed by atoms with Gasteiger partial charge in [-0.25, -0.2) is 4.79 Å². The number of allylic oxidation sites excluding steroid dienone is 2. The van der Waals surface area contributed by atoms with E-state index in [0.29, 0.717) is 18.8 Å². The van der Waals surface area contributed by atoms with Crippen molar-refractivity contribution < 1.29 is 14.3 Å². The Morgan fingerprint density at radius 1 is 0.958 bits per heavy atom. The predicted molar refractivity (Wildman–Crippen MR) is 100 cm³/mol. The third-order valence-corrected chi connectivity index (χ3v) is 4.49. The second-order valence-electron chi connectivity index (χ2n) is 6.69. The van der Waals surface area contributed by atoms with Gasteiger partial charge in [-0.15, -0.1) is 0 Å². The summed E-state index contributed by atoms with van der Waals surface area (Å²) in [5, 5.41) is 0. The first kappa shape index (κ1) is 21.0. The van der Waals surface area contributed by atoms with Crippen molar-refractivity contribution in [2.45, 2.75) is 96.2 Å². The lowest BCUT2D eigenvalue weighted by Crippen LogP contribution is -2.01. The average molecular weight is 337 g/mol. The minimum absolute atomic E-state index is 0.313. The van der Waals surface area contributed by atoms with Gasteiger partial charge in [0.2, 0.25) is 0 Å². The van der Waals surface area contributed by atoms with Gasteiger partial charge in [0.05, 0.1) is 18.8 Å². The molecule has 1 aliphatic rings. The normalized spacial score (nSPS) is 19.5. The van der Waals surface area contributed by atoms with Gasteiger partial charge in [0.15, 0.2) is 0 Å². The highest BCUT2D eigenvalue weighted by molar-refractivity contribution is 5.81. The summed E-state index contributed by atoms with van der Waals surface area (Å²) >= 11 is 0. The predicted octanol–water partition coefficient (Wildman–Crippen LogP) is 5.74. The molecule has 3 nitrogen and oxygen atoms in total. The summed E-state index contributed by atoms with van der Waals surface area (Å²) < 4.78 is 10.6. The molecule has 0 aliphatic carbocycles. The molecule has 0 N–H and O–H groups in total. The molecule has 0 radical (unpaired) electrons. The zero-order valence-electron chi connectivity index (χ0n) is 15.5. The van der Waals surface area contributed by atoms with E-state index < -0.39 is 0 Å². The number of unbranched alkanes of at least 4 members (excludes halogenated alkanes) is 7. The van der Waals surface area contributed by atoms with Crippen LogP contribution in [-0.2, 0) is 14.3 Å². The van der Waals surface area contributed by atoms with Gasteiger partial charge in [0.1, 0.15) is 0 Å². The van der Waals surface area contributed by atoms with Crippen LogP contribution in [0, 0.1) is 0 Å². The van der Waals surface area contributed by atoms with Gasteiger partial charge in [-0.1, -0.05) is 64.2 Å². The summed E-state index contributed by atoms with van der Waals surface area (Å²) in [4.78, 5) is 10.8. The molecule has 1 rings (SSSR count). The Bertz CT molecular complexity index is 362. The van der Waals surface area contributed by atoms with E-state index >= 15 is 0 Å². The molecule has 24 heavy (non-hydrogen) atoms. The third-order valence-electron chi connectivity index (χ3n) is 4.49. The van der Waals surface area contributed by atoms with E-state index in [1.807, 2.05) is 0 Å². The van der Waals surface area contributed by atoms with Crippen molar-refractivity contribution in [2.75, 3.05) is 6.61 Å². The second-order valence-corrected chi connectivity index (χ2v) is 6.69. The molecule has 0 aromatic heterocycles. The molecule has 0 bridgehead atoms. The lowest BCUT2D eigenvalue weighted by molar-refractivity contribution is -0.137. The highest BCUT2D eigenvalue weighted by Gasteiger charge is 2.36. The lowest BCUT2D eigenvalue weighted by Gasteiger charge is -2.02. The summed E-state index contributed by atoms with van der Waals surface area (Å²) in [6.07, 6.45) is 21.6. The second kappa shape index (κ2) is 14.3. The molecule has 0 aromatic rings. The Morgan fingerprint density at radius 3 is 2.38 bits per heavy atom. The molecule has 138 valence electrons. The van der Waals surface area contributed by atoms with Gasteiger partial charge in [-0.3, -0.25) is 0 Å². The zero-order chi connectivity index (χ0) is 17.5. The molecule has 3 heteroatoms. The van der Waals surface area contributed by atoms with Crippen LogP contribution in [-0.4, -0.2) is 24.8 Å². The molecule has 1 heterocycles. The third kappa shape index (κ3) is 11.4. The summed E-state index contributed by atoms with van der Waals surface area (Å²) in [6.45, 7) is 6.14. The molecular weight excluding hydrogens is 300 g/mol. The zero-order valence-corrected chi connectivity index (χ0v) is 15.5. The van der Waals surface area contributed by atoms with Gasteiger partial charge < -0.3 is 9.47 Å². The van der Waals surface area contributed by atoms with Crippen molar-refractivity contribution in [3.05, 3.63) is 24.8 Å². The number of epoxide rings is 1. The quantitative estimate of drug-likeness (QED) is 0.119. The number of esters is 1. The van der Waals surface area contributed by atoms with Crippen LogP contribution in [0.3, 0.4) is 0 Å². The largest absolute Gasteiger partial charge is 0.463 e. The summed E-state index contributed by atoms with van der Waals surface area (Å²) in [7, 11) is 0. The molecule has 1 fully saturated rings. The van der Waals surface area contributed by atoms with E-state index in [4.69, 9.17) is 9.47 Å². The SMILES string of the molecule is C=CC(=O)OCCCCCCCC/C=C\CCC1OC1CCCC. The maximum absolute atomic E-state index is 10.8. The fourth-order valence-corrected chi connectivity index (χ4v) is 2.89. The number of carbonyl (C=O) groups is 1. The number of rotatable bonds is 16. The van der Waals surface area contributed by atoms with Gasteiger partial charge in [0, 0.05) is 6.08 Å². The number of hydrogen-bond donors (Lipinski definition) is 0. The Kier molecular flexibility index (Phi) is 12.5. The molecule has 0 spiro atoms. The Labute approximate surface area is 148 Å². The van der Waals surface area contributed by atoms with Crippen molar-refractivity contribution in [1.29, 1.82) is 0 Å². The van der Waals surface area contributed by atoms with E-state index in [9.17, 15) is 4.79 Å². The van der Waals surface area contributed by atoms with Crippen LogP contribution in [0.25, 0.3) is 0 Å². The monoisotopic (exact) mass is 336 g/mol. The Balaban J connectivity index is 1.76. The average Bonchev–Trinajstić information content (AvgIpc) is 3.35. The fourth-order valence-electron chi connectivity index (χ4n) is 2.89. The van der Waals surface area contributed by atoms with Crippen molar-refractivity contribution in [3.63, 3.8) is 0 Å². The first-order chi connectivity index (χ1) is 11.8. The van der Waals surface area contributed by atoms with Crippen LogP contribution in [0.2, 0.25) is 0 Å². The number of ether oxygens (including phenoxy) is 2. The lowest BCUT2D eigenvalue weighted by atomic mass is 10.1. The maximum atomic E-state index is 10.8. The van der Waals surface area contributed by atoms with Gasteiger partial charge in [0.25, 0.3) is 0 Å². The van der Waals surface area contributed by atoms with Crippen LogP contribution in [0.5, 0.6) is 0 Å². The Hall–Kier alpha value is -1.09. The first-order valence-electron chi connectivity index (χ1n) is 9.87. The molecule has 0 saturated carbocycles. The number of hydrogen-bond acceptors (Lipinski definition) is 3. The molecule has 1 aliphatic heterocycles. The molecule has 2 unspecified atom stereocenters. The van der Waals surface area contributed by atoms with Crippen LogP contribution < -0.4 is 0 Å². The molecule has 2 atom stereocenters. The van der Waals surface area contributed by atoms with E-state index in [1.165, 1.54) is 63.9 Å². The van der Waals surface area contributed by atoms with Gasteiger partial charge in [-0.2, -0.15) is 0 Å². The van der Waals surface area contributed by atoms with E-state index in [0.717, 1.165) is 19.3 Å². The molecule has 0 amide bonds. The highest BCUT2D eigenvalue weighted by Crippen LogP contribution is 2.30. The van der Waals surface area contributed by atoms with Crippen LogP contribution in [0.15, 0.2) is 24.8 Å². The Morgan fingerprint density at radius 2 is 1.62 bits per heavy atom. The summed E-state index contributed by atoms with van der Waals surface area (Å²) in [5.74, 6) is -0.313. The maximum Gasteiger partial charge on any atom is 0.330 e. The van der Waals surface area contributed by atoms with E-state index in [-0.39, 0.29) is 5.97 Å². The van der Waals surface area contributed by atoms with Gasteiger partial charge in [-0.05, 0) is 38.5 Å². The van der Waals surface area contributed by atoms with Crippen LogP contribution in [0.1, 0.15) is 84.0 Å². The molecular formula is C21H36O3. The van der Waals surface area contributed by atoms with Crippen molar-refractivity contribution >= 4 is 5.97 Å². The smallest absolute Gasteiger partial charge is 0.330 e. The summed E-state index contributed by atoms with van der Waals surface area (Å²) in [5.41, 5.74) is 0. The van der Waals surface area contributed by atoms with Crippen LogP contribution >= 0.6 is 0 Å².